The van der Waals surface area contributed by atoms with Crippen LogP contribution >= 0.6 is 0 Å². The summed E-state index contributed by atoms with van der Waals surface area (Å²) in [6, 6.07) is 7.34. The van der Waals surface area contributed by atoms with Gasteiger partial charge in [-0.3, -0.25) is 0 Å². The summed E-state index contributed by atoms with van der Waals surface area (Å²) >= 11 is 0. The average Bonchev–Trinajstić information content (AvgIpc) is 2.37. The lowest BCUT2D eigenvalue weighted by Crippen LogP contribution is -2.31. The third kappa shape index (κ3) is 6.05. The summed E-state index contributed by atoms with van der Waals surface area (Å²) < 4.78 is 5.07. The molecular weight excluding hydrogens is 242 g/mol. The highest BCUT2D eigenvalue weighted by Crippen LogP contribution is 2.16. The van der Waals surface area contributed by atoms with E-state index in [-0.39, 0.29) is 6.10 Å². The lowest BCUT2D eigenvalue weighted by atomic mass is 10.1. The summed E-state index contributed by atoms with van der Waals surface area (Å²) in [6.07, 6.45) is -0.161. The molecule has 2 atom stereocenters. The summed E-state index contributed by atoms with van der Waals surface area (Å²) in [4.78, 5) is 0. The minimum absolute atomic E-state index is 0.358. The molecule has 1 rings (SSSR count). The molecule has 0 aliphatic heterocycles. The quantitative estimate of drug-likeness (QED) is 0.671. The SMILES string of the molecule is COc1ccc(C(O)CNCC(O)CC(C)C)cc1. The number of aliphatic hydroxyl groups is 2. The molecule has 1 aromatic carbocycles. The fourth-order valence-electron chi connectivity index (χ4n) is 1.96. The fourth-order valence-corrected chi connectivity index (χ4v) is 1.96. The van der Waals surface area contributed by atoms with Crippen LogP contribution in [0.2, 0.25) is 0 Å². The van der Waals surface area contributed by atoms with Gasteiger partial charge in [0, 0.05) is 13.1 Å². The third-order valence-corrected chi connectivity index (χ3v) is 2.96. The van der Waals surface area contributed by atoms with Crippen molar-refractivity contribution in [2.75, 3.05) is 20.2 Å². The molecule has 0 fully saturated rings. The standard InChI is InChI=1S/C15H25NO3/c1-11(2)8-13(17)9-16-10-15(18)12-4-6-14(19-3)7-5-12/h4-7,11,13,15-18H,8-10H2,1-3H3. The molecule has 0 heterocycles. The Morgan fingerprint density at radius 2 is 1.74 bits per heavy atom. The van der Waals surface area contributed by atoms with E-state index in [2.05, 4.69) is 19.2 Å². The maximum Gasteiger partial charge on any atom is 0.118 e. The molecule has 0 aliphatic rings. The van der Waals surface area contributed by atoms with Crippen molar-refractivity contribution in [1.82, 2.24) is 5.32 Å². The highest BCUT2D eigenvalue weighted by molar-refractivity contribution is 5.28. The molecule has 0 spiro atoms. The van der Waals surface area contributed by atoms with E-state index in [1.165, 1.54) is 0 Å². The van der Waals surface area contributed by atoms with Gasteiger partial charge in [-0.15, -0.1) is 0 Å². The topological polar surface area (TPSA) is 61.7 Å². The second-order valence-electron chi connectivity index (χ2n) is 5.23. The molecule has 0 saturated carbocycles. The first kappa shape index (κ1) is 16.0. The fraction of sp³-hybridized carbons (Fsp3) is 0.600. The number of ether oxygens (including phenoxy) is 1. The molecular formula is C15H25NO3. The van der Waals surface area contributed by atoms with Gasteiger partial charge >= 0.3 is 0 Å². The van der Waals surface area contributed by atoms with Gasteiger partial charge in [-0.25, -0.2) is 0 Å². The van der Waals surface area contributed by atoms with E-state index < -0.39 is 6.10 Å². The molecule has 4 heteroatoms. The smallest absolute Gasteiger partial charge is 0.118 e. The van der Waals surface area contributed by atoms with E-state index in [4.69, 9.17) is 4.74 Å². The summed E-state index contributed by atoms with van der Waals surface area (Å²) in [5, 5.41) is 22.8. The van der Waals surface area contributed by atoms with E-state index in [0.29, 0.717) is 19.0 Å². The van der Waals surface area contributed by atoms with Gasteiger partial charge in [-0.2, -0.15) is 0 Å². The van der Waals surface area contributed by atoms with E-state index >= 15 is 0 Å². The number of aliphatic hydroxyl groups excluding tert-OH is 2. The monoisotopic (exact) mass is 267 g/mol. The number of hydrogen-bond acceptors (Lipinski definition) is 4. The second-order valence-corrected chi connectivity index (χ2v) is 5.23. The van der Waals surface area contributed by atoms with Crippen molar-refractivity contribution in [2.24, 2.45) is 5.92 Å². The van der Waals surface area contributed by atoms with E-state index in [9.17, 15) is 10.2 Å². The number of hydrogen-bond donors (Lipinski definition) is 3. The first-order valence-electron chi connectivity index (χ1n) is 6.73. The maximum atomic E-state index is 9.99. The zero-order chi connectivity index (χ0) is 14.3. The van der Waals surface area contributed by atoms with Gasteiger partial charge in [0.05, 0.1) is 19.3 Å². The van der Waals surface area contributed by atoms with E-state index in [1.807, 2.05) is 24.3 Å². The van der Waals surface area contributed by atoms with Crippen LogP contribution in [0, 0.1) is 5.92 Å². The van der Waals surface area contributed by atoms with Gasteiger partial charge in [0.2, 0.25) is 0 Å². The van der Waals surface area contributed by atoms with Crippen LogP contribution in [0.5, 0.6) is 5.75 Å². The van der Waals surface area contributed by atoms with Crippen molar-refractivity contribution in [2.45, 2.75) is 32.5 Å². The van der Waals surface area contributed by atoms with Gasteiger partial charge in [-0.1, -0.05) is 26.0 Å². The van der Waals surface area contributed by atoms with Gasteiger partial charge in [0.15, 0.2) is 0 Å². The number of rotatable bonds is 8. The Hall–Kier alpha value is -1.10. The Morgan fingerprint density at radius 3 is 2.26 bits per heavy atom. The van der Waals surface area contributed by atoms with Gasteiger partial charge < -0.3 is 20.3 Å². The van der Waals surface area contributed by atoms with Crippen LogP contribution in [0.15, 0.2) is 24.3 Å². The predicted molar refractivity (Wildman–Crippen MR) is 76.3 cm³/mol. The molecule has 3 N–H and O–H groups in total. The van der Waals surface area contributed by atoms with Crippen molar-refractivity contribution in [3.8, 4) is 5.75 Å². The Bertz CT molecular complexity index is 351. The second kappa shape index (κ2) is 8.15. The Kier molecular flexibility index (Phi) is 6.84. The van der Waals surface area contributed by atoms with Crippen LogP contribution in [0.1, 0.15) is 31.9 Å². The normalized spacial score (nSPS) is 14.4. The molecule has 2 unspecified atom stereocenters. The van der Waals surface area contributed by atoms with Crippen molar-refractivity contribution in [1.29, 1.82) is 0 Å². The number of methoxy groups -OCH3 is 1. The zero-order valence-electron chi connectivity index (χ0n) is 12.0. The first-order chi connectivity index (χ1) is 9.02. The van der Waals surface area contributed by atoms with Gasteiger partial charge in [0.25, 0.3) is 0 Å². The lowest BCUT2D eigenvalue weighted by molar-refractivity contribution is 0.131. The molecule has 0 amide bonds. The van der Waals surface area contributed by atoms with Crippen molar-refractivity contribution < 1.29 is 14.9 Å². The van der Waals surface area contributed by atoms with Crippen LogP contribution in [0.25, 0.3) is 0 Å². The molecule has 0 radical (unpaired) electrons. The van der Waals surface area contributed by atoms with Crippen LogP contribution in [-0.4, -0.2) is 36.5 Å². The Labute approximate surface area is 115 Å². The minimum atomic E-state index is -0.572. The summed E-state index contributed by atoms with van der Waals surface area (Å²) in [7, 11) is 1.61. The van der Waals surface area contributed by atoms with Gasteiger partial charge in [0.1, 0.15) is 5.75 Å². The largest absolute Gasteiger partial charge is 0.497 e. The van der Waals surface area contributed by atoms with Crippen LogP contribution < -0.4 is 10.1 Å². The maximum absolute atomic E-state index is 9.99. The molecule has 4 nitrogen and oxygen atoms in total. The van der Waals surface area contributed by atoms with Crippen LogP contribution in [0.3, 0.4) is 0 Å². The van der Waals surface area contributed by atoms with Crippen molar-refractivity contribution in [3.63, 3.8) is 0 Å². The molecule has 0 aliphatic carbocycles. The van der Waals surface area contributed by atoms with Crippen molar-refractivity contribution >= 4 is 0 Å². The van der Waals surface area contributed by atoms with Crippen molar-refractivity contribution in [3.05, 3.63) is 29.8 Å². The summed E-state index contributed by atoms with van der Waals surface area (Å²) in [5.41, 5.74) is 0.839. The molecule has 0 aromatic heterocycles. The Balaban J connectivity index is 2.32. The average molecular weight is 267 g/mol. The van der Waals surface area contributed by atoms with Crippen LogP contribution in [0.4, 0.5) is 0 Å². The minimum Gasteiger partial charge on any atom is -0.497 e. The third-order valence-electron chi connectivity index (χ3n) is 2.96. The lowest BCUT2D eigenvalue weighted by Gasteiger charge is -2.16. The zero-order valence-corrected chi connectivity index (χ0v) is 12.0. The molecule has 108 valence electrons. The first-order valence-corrected chi connectivity index (χ1v) is 6.73. The summed E-state index contributed by atoms with van der Waals surface area (Å²) in [5.74, 6) is 1.25. The molecule has 1 aromatic rings. The van der Waals surface area contributed by atoms with E-state index in [1.54, 1.807) is 7.11 Å². The van der Waals surface area contributed by atoms with Gasteiger partial charge in [-0.05, 0) is 30.0 Å². The predicted octanol–water partition coefficient (Wildman–Crippen LogP) is 1.73. The molecule has 0 bridgehead atoms. The Morgan fingerprint density at radius 1 is 1.11 bits per heavy atom. The highest BCUT2D eigenvalue weighted by Gasteiger charge is 2.10. The summed E-state index contributed by atoms with van der Waals surface area (Å²) in [6.45, 7) is 5.09. The number of benzene rings is 1. The van der Waals surface area contributed by atoms with Crippen LogP contribution in [-0.2, 0) is 0 Å². The van der Waals surface area contributed by atoms with E-state index in [0.717, 1.165) is 17.7 Å². The number of nitrogens with one attached hydrogen (secondary N) is 1. The molecule has 0 saturated heterocycles. The highest BCUT2D eigenvalue weighted by atomic mass is 16.5. The molecule has 19 heavy (non-hydrogen) atoms.